The number of hydrogen-bond acceptors (Lipinski definition) is 1. The van der Waals surface area contributed by atoms with Crippen molar-refractivity contribution < 1.29 is 52.8 Å². The van der Waals surface area contributed by atoms with Crippen LogP contribution in [0.2, 0.25) is 0 Å². The van der Waals surface area contributed by atoms with Crippen LogP contribution in [0, 0.1) is 0 Å². The molecule has 0 unspecified atom stereocenters. The Labute approximate surface area is 71.1 Å². The van der Waals surface area contributed by atoms with Crippen molar-refractivity contribution in [2.24, 2.45) is 0 Å². The van der Waals surface area contributed by atoms with E-state index in [0.717, 1.165) is 0 Å². The monoisotopic (exact) mass is 199 g/mol. The molecular weight excluding hydrogens is 199 g/mol. The first-order valence-electron chi connectivity index (χ1n) is 0.136. The third-order valence-electron chi connectivity index (χ3n) is 0. The maximum atomic E-state index is 7.94. The van der Waals surface area contributed by atoms with Gasteiger partial charge in [-0.05, 0) is 0 Å². The van der Waals surface area contributed by atoms with Crippen LogP contribution in [-0.4, -0.2) is 18.9 Å². The first kappa shape index (κ1) is 28.5. The molecule has 0 saturated heterocycles. The van der Waals surface area contributed by atoms with Crippen molar-refractivity contribution >= 4 is 18.9 Å². The second kappa shape index (κ2) is 39.2. The molecule has 0 aliphatic carbocycles. The molecule has 0 bridgehead atoms. The summed E-state index contributed by atoms with van der Waals surface area (Å²) in [4.78, 5) is 0. The standard InChI is InChI=1S/2Co.Li.Ni.O. The fraction of sp³-hybridized carbons (Fsp3) is 0. The Morgan fingerprint density at radius 3 is 1.20 bits per heavy atom. The van der Waals surface area contributed by atoms with Gasteiger partial charge in [0.15, 0.2) is 0 Å². The minimum atomic E-state index is 0. The van der Waals surface area contributed by atoms with Crippen LogP contribution >= 0.6 is 0 Å². The van der Waals surface area contributed by atoms with E-state index >= 15 is 0 Å². The quantitative estimate of drug-likeness (QED) is 0.481. The molecule has 0 atom stereocenters. The fourth-order valence-electron chi connectivity index (χ4n) is 0. The van der Waals surface area contributed by atoms with E-state index in [4.69, 9.17) is 3.87 Å². The van der Waals surface area contributed by atoms with Crippen molar-refractivity contribution in [2.75, 3.05) is 0 Å². The Bertz CT molecular complexity index is 9.61. The van der Waals surface area contributed by atoms with E-state index in [1.54, 1.807) is 0 Å². The van der Waals surface area contributed by atoms with Crippen LogP contribution in [-0.2, 0) is 52.8 Å². The van der Waals surface area contributed by atoms with E-state index in [-0.39, 0.29) is 52.1 Å². The molecule has 5 heavy (non-hydrogen) atoms. The molecule has 0 spiro atoms. The molecule has 0 rings (SSSR count). The summed E-state index contributed by atoms with van der Waals surface area (Å²) in [6.07, 6.45) is 0. The van der Waals surface area contributed by atoms with Crippen LogP contribution in [0.4, 0.5) is 0 Å². The molecule has 0 aliphatic heterocycles. The molecule has 5 heteroatoms. The average molecular weight is 199 g/mol. The predicted molar refractivity (Wildman–Crippen MR) is 6.44 cm³/mol. The molecule has 0 heterocycles. The normalized spacial score (nSPS) is 1.00. The van der Waals surface area contributed by atoms with Crippen LogP contribution in [0.25, 0.3) is 0 Å². The van der Waals surface area contributed by atoms with Gasteiger partial charge < -0.3 is 0 Å². The van der Waals surface area contributed by atoms with Crippen molar-refractivity contribution in [3.63, 3.8) is 0 Å². The van der Waals surface area contributed by atoms with E-state index < -0.39 is 0 Å². The molecule has 0 saturated carbocycles. The van der Waals surface area contributed by atoms with Gasteiger partial charge in [-0.1, -0.05) is 0 Å². The summed E-state index contributed by atoms with van der Waals surface area (Å²) in [7, 11) is 0. The van der Waals surface area contributed by atoms with Crippen LogP contribution in [0.5, 0.6) is 0 Å². The van der Waals surface area contributed by atoms with Gasteiger partial charge in [0.25, 0.3) is 0 Å². The van der Waals surface area contributed by atoms with Crippen molar-refractivity contribution in [3.8, 4) is 0 Å². The minimum absolute atomic E-state index is 0. The Morgan fingerprint density at radius 1 is 1.20 bits per heavy atom. The van der Waals surface area contributed by atoms with Crippen molar-refractivity contribution in [1.29, 1.82) is 0 Å². The summed E-state index contributed by atoms with van der Waals surface area (Å²) in [5.74, 6) is 0. The van der Waals surface area contributed by atoms with Gasteiger partial charge in [-0.2, -0.15) is 0 Å². The summed E-state index contributed by atoms with van der Waals surface area (Å²) in [5, 5.41) is 0. The maximum absolute atomic E-state index is 7.94. The van der Waals surface area contributed by atoms with Crippen LogP contribution in [0.15, 0.2) is 0 Å². The van der Waals surface area contributed by atoms with E-state index in [2.05, 4.69) is 15.7 Å². The fourth-order valence-corrected chi connectivity index (χ4v) is 0. The zero-order valence-corrected chi connectivity index (χ0v) is 5.46. The van der Waals surface area contributed by atoms with Gasteiger partial charge in [-0.3, -0.25) is 0 Å². The van der Waals surface area contributed by atoms with Gasteiger partial charge in [0, 0.05) is 52.1 Å². The van der Waals surface area contributed by atoms with Crippen LogP contribution < -0.4 is 0 Å². The van der Waals surface area contributed by atoms with Crippen LogP contribution in [0.3, 0.4) is 0 Å². The molecule has 0 aromatic carbocycles. The Kier molecular flexibility index (Phi) is 224. The van der Waals surface area contributed by atoms with E-state index in [1.165, 1.54) is 0 Å². The molecule has 0 aromatic rings. The molecule has 0 N–H and O–H groups in total. The molecular formula is Co2LiNiO. The third kappa shape index (κ3) is 24.8. The topological polar surface area (TPSA) is 17.1 Å². The van der Waals surface area contributed by atoms with E-state index in [9.17, 15) is 0 Å². The Hall–Kier alpha value is 1.90. The molecule has 0 aliphatic rings. The average Bonchev–Trinajstić information content (AvgIpc) is 1.00. The van der Waals surface area contributed by atoms with Crippen molar-refractivity contribution in [2.45, 2.75) is 0 Å². The zero-order chi connectivity index (χ0) is 2.00. The molecule has 0 fully saturated rings. The Morgan fingerprint density at radius 2 is 1.20 bits per heavy atom. The van der Waals surface area contributed by atoms with Crippen molar-refractivity contribution in [3.05, 3.63) is 0 Å². The van der Waals surface area contributed by atoms with Gasteiger partial charge in [0.2, 0.25) is 0 Å². The molecule has 1 nitrogen and oxygen atoms in total. The summed E-state index contributed by atoms with van der Waals surface area (Å²) in [5.41, 5.74) is 0. The summed E-state index contributed by atoms with van der Waals surface area (Å²) in [6, 6.07) is 0. The number of rotatable bonds is 0. The third-order valence-corrected chi connectivity index (χ3v) is 0. The summed E-state index contributed by atoms with van der Waals surface area (Å²) < 4.78 is 7.94. The Balaban J connectivity index is -0.00000000167. The summed E-state index contributed by atoms with van der Waals surface area (Å²) in [6.45, 7) is 0. The van der Waals surface area contributed by atoms with Gasteiger partial charge in [-0.15, -0.1) is 0 Å². The first-order chi connectivity index (χ1) is 1.00. The SMILES string of the molecule is [Co].[Li].[Ni].[O]=[Co]. The summed E-state index contributed by atoms with van der Waals surface area (Å²) >= 11 is 2.31. The van der Waals surface area contributed by atoms with Gasteiger partial charge in [-0.25, -0.2) is 0 Å². The predicted octanol–water partition coefficient (Wildman–Crippen LogP) is -0.507. The van der Waals surface area contributed by atoms with Crippen molar-refractivity contribution in [1.82, 2.24) is 0 Å². The van der Waals surface area contributed by atoms with E-state index in [0.29, 0.717) is 0 Å². The second-order valence-electron chi connectivity index (χ2n) is 0. The second-order valence-corrected chi connectivity index (χ2v) is 0. The van der Waals surface area contributed by atoms with E-state index in [1.807, 2.05) is 0 Å². The number of hydrogen-bond donors (Lipinski definition) is 0. The molecule has 0 aromatic heterocycles. The molecule has 2 radical (unpaired) electrons. The van der Waals surface area contributed by atoms with Crippen LogP contribution in [0.1, 0.15) is 0 Å². The zero-order valence-electron chi connectivity index (χ0n) is 2.39. The van der Waals surface area contributed by atoms with Gasteiger partial charge in [0.1, 0.15) is 0 Å². The van der Waals surface area contributed by atoms with Gasteiger partial charge in [0.05, 0.1) is 0 Å². The first-order valence-corrected chi connectivity index (χ1v) is 0.561. The molecule has 35 valence electrons. The molecule has 0 amide bonds. The van der Waals surface area contributed by atoms with Gasteiger partial charge >= 0.3 is 19.5 Å².